The Morgan fingerprint density at radius 2 is 2.33 bits per heavy atom. The summed E-state index contributed by atoms with van der Waals surface area (Å²) < 4.78 is 1.50. The van der Waals surface area contributed by atoms with E-state index in [-0.39, 0.29) is 24.3 Å². The lowest BCUT2D eigenvalue weighted by Gasteiger charge is -2.19. The highest BCUT2D eigenvalue weighted by Crippen LogP contribution is 2.33. The smallest absolute Gasteiger partial charge is 0.333 e. The molecule has 100 valence electrons. The van der Waals surface area contributed by atoms with Crippen LogP contribution in [0.15, 0.2) is 0 Å². The number of hydrogen-bond donors (Lipinski definition) is 2. The molecule has 0 saturated heterocycles. The first kappa shape index (κ1) is 12.8. The zero-order valence-electron chi connectivity index (χ0n) is 10.6. The third kappa shape index (κ3) is 2.17. The Morgan fingerprint density at radius 1 is 1.61 bits per heavy atom. The van der Waals surface area contributed by atoms with Crippen molar-refractivity contribution in [1.82, 2.24) is 9.78 Å². The van der Waals surface area contributed by atoms with Crippen molar-refractivity contribution in [3.8, 4) is 0 Å². The van der Waals surface area contributed by atoms with E-state index in [2.05, 4.69) is 10.4 Å². The molecule has 0 amide bonds. The molecular formula is C11H18N4O3. The van der Waals surface area contributed by atoms with Crippen LogP contribution in [0.5, 0.6) is 0 Å². The summed E-state index contributed by atoms with van der Waals surface area (Å²) in [4.78, 5) is 10.6. The molecule has 18 heavy (non-hydrogen) atoms. The van der Waals surface area contributed by atoms with Gasteiger partial charge in [-0.05, 0) is 19.8 Å². The Bertz CT molecular complexity index is 457. The number of rotatable bonds is 4. The maximum atomic E-state index is 11.0. The monoisotopic (exact) mass is 254 g/mol. The van der Waals surface area contributed by atoms with E-state index in [1.165, 1.54) is 4.68 Å². The molecule has 7 nitrogen and oxygen atoms in total. The fourth-order valence-corrected chi connectivity index (χ4v) is 2.65. The molecule has 2 N–H and O–H groups in total. The fourth-order valence-electron chi connectivity index (χ4n) is 2.65. The fraction of sp³-hybridized carbons (Fsp3) is 0.727. The van der Waals surface area contributed by atoms with Gasteiger partial charge >= 0.3 is 5.69 Å². The van der Waals surface area contributed by atoms with E-state index in [1.54, 1.807) is 14.0 Å². The minimum Gasteiger partial charge on any atom is -0.396 e. The average Bonchev–Trinajstić information content (AvgIpc) is 2.84. The van der Waals surface area contributed by atoms with E-state index in [9.17, 15) is 15.2 Å². The summed E-state index contributed by atoms with van der Waals surface area (Å²) in [5.74, 6) is 0.600. The van der Waals surface area contributed by atoms with Gasteiger partial charge in [-0.3, -0.25) is 10.1 Å². The van der Waals surface area contributed by atoms with Gasteiger partial charge in [-0.25, -0.2) is 4.68 Å². The van der Waals surface area contributed by atoms with Crippen molar-refractivity contribution in [2.75, 3.05) is 11.9 Å². The lowest BCUT2D eigenvalue weighted by molar-refractivity contribution is -0.384. The van der Waals surface area contributed by atoms with Crippen molar-refractivity contribution in [3.05, 3.63) is 15.8 Å². The van der Waals surface area contributed by atoms with Crippen LogP contribution in [0, 0.1) is 23.0 Å². The molecule has 0 radical (unpaired) electrons. The number of nitrogens with one attached hydrogen (secondary N) is 1. The molecule has 2 atom stereocenters. The molecule has 0 aromatic carbocycles. The van der Waals surface area contributed by atoms with E-state index in [4.69, 9.17) is 0 Å². The highest BCUT2D eigenvalue weighted by Gasteiger charge is 2.31. The number of hydrogen-bond acceptors (Lipinski definition) is 5. The van der Waals surface area contributed by atoms with Crippen molar-refractivity contribution >= 4 is 11.5 Å². The molecule has 1 aromatic rings. The summed E-state index contributed by atoms with van der Waals surface area (Å²) in [6.07, 6.45) is 2.92. The van der Waals surface area contributed by atoms with Crippen LogP contribution in [0.25, 0.3) is 0 Å². The number of nitro groups is 1. The molecule has 1 aromatic heterocycles. The molecule has 1 fully saturated rings. The summed E-state index contributed by atoms with van der Waals surface area (Å²) in [7, 11) is 1.69. The Morgan fingerprint density at radius 3 is 2.94 bits per heavy atom. The predicted octanol–water partition coefficient (Wildman–Crippen LogP) is 1.21. The Labute approximate surface area is 105 Å². The van der Waals surface area contributed by atoms with Gasteiger partial charge in [0.15, 0.2) is 0 Å². The molecule has 1 saturated carbocycles. The molecule has 1 heterocycles. The van der Waals surface area contributed by atoms with E-state index in [0.29, 0.717) is 11.5 Å². The van der Waals surface area contributed by atoms with Crippen molar-refractivity contribution < 1.29 is 10.0 Å². The topological polar surface area (TPSA) is 93.2 Å². The zero-order valence-corrected chi connectivity index (χ0v) is 10.6. The van der Waals surface area contributed by atoms with Crippen molar-refractivity contribution in [2.24, 2.45) is 13.0 Å². The van der Waals surface area contributed by atoms with Gasteiger partial charge in [0.05, 0.1) is 4.92 Å². The van der Waals surface area contributed by atoms with E-state index in [0.717, 1.165) is 19.3 Å². The number of aromatic nitrogens is 2. The SMILES string of the molecule is Cc1nn(C)c(NC2CCCC2CO)c1[N+](=O)[O-]. The van der Waals surface area contributed by atoms with Gasteiger partial charge in [-0.2, -0.15) is 5.10 Å². The zero-order chi connectivity index (χ0) is 13.3. The highest BCUT2D eigenvalue weighted by atomic mass is 16.6. The third-order valence-corrected chi connectivity index (χ3v) is 3.59. The molecule has 2 rings (SSSR count). The Hall–Kier alpha value is -1.63. The van der Waals surface area contributed by atoms with Crippen LogP contribution >= 0.6 is 0 Å². The molecule has 0 spiro atoms. The number of aryl methyl sites for hydroxylation is 2. The standard InChI is InChI=1S/C11H18N4O3/c1-7-10(15(17)18)11(14(2)13-7)12-9-5-3-4-8(9)6-16/h8-9,12,16H,3-6H2,1-2H3. The van der Waals surface area contributed by atoms with Crippen LogP contribution in [-0.2, 0) is 7.05 Å². The highest BCUT2D eigenvalue weighted by molar-refractivity contribution is 5.60. The van der Waals surface area contributed by atoms with Crippen molar-refractivity contribution in [3.63, 3.8) is 0 Å². The number of anilines is 1. The lowest BCUT2D eigenvalue weighted by atomic mass is 10.1. The first-order chi connectivity index (χ1) is 8.54. The molecule has 0 aliphatic heterocycles. The van der Waals surface area contributed by atoms with Crippen molar-refractivity contribution in [1.29, 1.82) is 0 Å². The number of aliphatic hydroxyl groups excluding tert-OH is 1. The second-order valence-electron chi connectivity index (χ2n) is 4.79. The van der Waals surface area contributed by atoms with Crippen LogP contribution in [-0.4, -0.2) is 32.5 Å². The minimum atomic E-state index is -0.409. The van der Waals surface area contributed by atoms with E-state index in [1.807, 2.05) is 0 Å². The lowest BCUT2D eigenvalue weighted by Crippen LogP contribution is -2.27. The molecule has 0 bridgehead atoms. The van der Waals surface area contributed by atoms with Gasteiger partial charge in [-0.1, -0.05) is 6.42 Å². The van der Waals surface area contributed by atoms with Crippen LogP contribution in [0.3, 0.4) is 0 Å². The van der Waals surface area contributed by atoms with Gasteiger partial charge in [0.2, 0.25) is 5.82 Å². The van der Waals surface area contributed by atoms with E-state index >= 15 is 0 Å². The summed E-state index contributed by atoms with van der Waals surface area (Å²) in [5.41, 5.74) is 0.435. The molecule has 2 unspecified atom stereocenters. The van der Waals surface area contributed by atoms with Gasteiger partial charge in [0, 0.05) is 25.6 Å². The van der Waals surface area contributed by atoms with Crippen LogP contribution in [0.1, 0.15) is 25.0 Å². The number of aliphatic hydroxyl groups is 1. The van der Waals surface area contributed by atoms with Gasteiger partial charge in [0.1, 0.15) is 5.69 Å². The van der Waals surface area contributed by atoms with Gasteiger partial charge in [0.25, 0.3) is 0 Å². The van der Waals surface area contributed by atoms with Crippen LogP contribution in [0.2, 0.25) is 0 Å². The first-order valence-corrected chi connectivity index (χ1v) is 6.10. The Balaban J connectivity index is 2.26. The van der Waals surface area contributed by atoms with Crippen LogP contribution < -0.4 is 5.32 Å². The summed E-state index contributed by atoms with van der Waals surface area (Å²) in [6, 6.07) is 0.0866. The Kier molecular flexibility index (Phi) is 3.51. The molecule has 7 heteroatoms. The second-order valence-corrected chi connectivity index (χ2v) is 4.79. The molecule has 1 aliphatic rings. The predicted molar refractivity (Wildman–Crippen MR) is 66.4 cm³/mol. The largest absolute Gasteiger partial charge is 0.396 e. The maximum Gasteiger partial charge on any atom is 0.333 e. The minimum absolute atomic E-state index is 0.0288. The quantitative estimate of drug-likeness (QED) is 0.622. The summed E-state index contributed by atoms with van der Waals surface area (Å²) >= 11 is 0. The van der Waals surface area contributed by atoms with E-state index < -0.39 is 4.92 Å². The average molecular weight is 254 g/mol. The summed E-state index contributed by atoms with van der Waals surface area (Å²) in [6.45, 7) is 1.74. The third-order valence-electron chi connectivity index (χ3n) is 3.59. The normalized spacial score (nSPS) is 23.3. The maximum absolute atomic E-state index is 11.0. The second kappa shape index (κ2) is 4.93. The van der Waals surface area contributed by atoms with Gasteiger partial charge in [-0.15, -0.1) is 0 Å². The number of nitrogens with zero attached hydrogens (tertiary/aromatic N) is 3. The molecular weight excluding hydrogens is 236 g/mol. The summed E-state index contributed by atoms with van der Waals surface area (Å²) in [5, 5.41) is 27.6. The molecule has 1 aliphatic carbocycles. The van der Waals surface area contributed by atoms with Gasteiger partial charge < -0.3 is 10.4 Å². The van der Waals surface area contributed by atoms with Crippen molar-refractivity contribution in [2.45, 2.75) is 32.2 Å². The van der Waals surface area contributed by atoms with Crippen LogP contribution in [0.4, 0.5) is 11.5 Å². The first-order valence-electron chi connectivity index (χ1n) is 6.10.